The molecule has 1 rings (SSSR count). The third-order valence-corrected chi connectivity index (χ3v) is 3.59. The summed E-state index contributed by atoms with van der Waals surface area (Å²) in [6.07, 6.45) is 1.10. The fourth-order valence-corrected chi connectivity index (χ4v) is 1.79. The average Bonchev–Trinajstić information content (AvgIpc) is 2.37. The molecule has 1 atom stereocenters. The van der Waals surface area contributed by atoms with E-state index in [1.54, 1.807) is 11.9 Å². The topological polar surface area (TPSA) is 40.5 Å². The molecule has 4 heteroatoms. The van der Waals surface area contributed by atoms with E-state index < -0.39 is 0 Å². The van der Waals surface area contributed by atoms with Crippen LogP contribution in [0.3, 0.4) is 0 Å². The molecule has 0 aliphatic heterocycles. The van der Waals surface area contributed by atoms with E-state index in [9.17, 15) is 4.79 Å². The maximum absolute atomic E-state index is 11.9. The maximum Gasteiger partial charge on any atom is 0.222 e. The summed E-state index contributed by atoms with van der Waals surface area (Å²) in [5.41, 5.74) is 2.10. The molecule has 1 aromatic rings. The lowest BCUT2D eigenvalue weighted by atomic mass is 10.1. The van der Waals surface area contributed by atoms with Gasteiger partial charge in [-0.25, -0.2) is 0 Å². The summed E-state index contributed by atoms with van der Waals surface area (Å²) in [6.45, 7) is 3.76. The van der Waals surface area contributed by atoms with E-state index >= 15 is 0 Å². The molecule has 0 aromatic heterocycles. The first-order valence-electron chi connectivity index (χ1n) is 6.07. The minimum absolute atomic E-state index is 0.0153. The van der Waals surface area contributed by atoms with Crippen LogP contribution in [0.25, 0.3) is 0 Å². The Balaban J connectivity index is 2.54. The summed E-state index contributed by atoms with van der Waals surface area (Å²) in [5, 5.41) is 9.73. The van der Waals surface area contributed by atoms with Crippen molar-refractivity contribution in [3.05, 3.63) is 34.3 Å². The van der Waals surface area contributed by atoms with Crippen molar-refractivity contribution in [2.45, 2.75) is 32.7 Å². The first-order chi connectivity index (χ1) is 8.45. The van der Waals surface area contributed by atoms with Gasteiger partial charge in [0.2, 0.25) is 5.91 Å². The third kappa shape index (κ3) is 4.00. The second kappa shape index (κ2) is 6.76. The Bertz CT molecular complexity index is 420. The van der Waals surface area contributed by atoms with Crippen LogP contribution >= 0.6 is 11.6 Å². The van der Waals surface area contributed by atoms with Crippen molar-refractivity contribution in [1.29, 1.82) is 0 Å². The van der Waals surface area contributed by atoms with Gasteiger partial charge >= 0.3 is 0 Å². The molecule has 3 nitrogen and oxygen atoms in total. The monoisotopic (exact) mass is 269 g/mol. The van der Waals surface area contributed by atoms with Crippen LogP contribution in [0.2, 0.25) is 5.02 Å². The number of nitrogens with zero attached hydrogens (tertiary/aromatic N) is 1. The van der Waals surface area contributed by atoms with Gasteiger partial charge in [-0.2, -0.15) is 0 Å². The van der Waals surface area contributed by atoms with Gasteiger partial charge < -0.3 is 10.0 Å². The highest BCUT2D eigenvalue weighted by atomic mass is 35.5. The SMILES string of the molecule is Cc1ccc(CCC(=O)N(C)C(C)CO)cc1Cl. The summed E-state index contributed by atoms with van der Waals surface area (Å²) in [4.78, 5) is 13.4. The lowest BCUT2D eigenvalue weighted by Crippen LogP contribution is -2.37. The molecule has 0 fully saturated rings. The van der Waals surface area contributed by atoms with Crippen LogP contribution in [0.1, 0.15) is 24.5 Å². The van der Waals surface area contributed by atoms with Gasteiger partial charge in [-0.3, -0.25) is 4.79 Å². The first-order valence-corrected chi connectivity index (χ1v) is 6.45. The number of aryl methyl sites for hydroxylation is 2. The van der Waals surface area contributed by atoms with Gasteiger partial charge in [0.15, 0.2) is 0 Å². The van der Waals surface area contributed by atoms with Gasteiger partial charge in [0, 0.05) is 18.5 Å². The van der Waals surface area contributed by atoms with Crippen LogP contribution in [0, 0.1) is 6.92 Å². The van der Waals surface area contributed by atoms with Crippen molar-refractivity contribution in [2.24, 2.45) is 0 Å². The van der Waals surface area contributed by atoms with Crippen molar-refractivity contribution >= 4 is 17.5 Å². The molecular formula is C14H20ClNO2. The summed E-state index contributed by atoms with van der Waals surface area (Å²) < 4.78 is 0. The van der Waals surface area contributed by atoms with Crippen LogP contribution in [0.5, 0.6) is 0 Å². The number of carbonyl (C=O) groups is 1. The van der Waals surface area contributed by atoms with Gasteiger partial charge in [-0.15, -0.1) is 0 Å². The Hall–Kier alpha value is -1.06. The molecule has 0 radical (unpaired) electrons. The van der Waals surface area contributed by atoms with E-state index in [4.69, 9.17) is 16.7 Å². The van der Waals surface area contributed by atoms with Gasteiger partial charge in [0.05, 0.1) is 12.6 Å². The highest BCUT2D eigenvalue weighted by Crippen LogP contribution is 2.17. The van der Waals surface area contributed by atoms with Gasteiger partial charge in [-0.1, -0.05) is 23.7 Å². The van der Waals surface area contributed by atoms with Crippen LogP contribution in [-0.4, -0.2) is 35.6 Å². The molecule has 0 saturated carbocycles. The van der Waals surface area contributed by atoms with Crippen LogP contribution < -0.4 is 0 Å². The fourth-order valence-electron chi connectivity index (χ4n) is 1.59. The lowest BCUT2D eigenvalue weighted by Gasteiger charge is -2.23. The lowest BCUT2D eigenvalue weighted by molar-refractivity contribution is -0.132. The molecule has 0 heterocycles. The van der Waals surface area contributed by atoms with Gasteiger partial charge in [-0.05, 0) is 37.5 Å². The van der Waals surface area contributed by atoms with E-state index in [2.05, 4.69) is 0 Å². The number of amides is 1. The molecule has 1 aromatic carbocycles. The zero-order chi connectivity index (χ0) is 13.7. The zero-order valence-corrected chi connectivity index (χ0v) is 11.9. The van der Waals surface area contributed by atoms with Crippen molar-refractivity contribution in [3.8, 4) is 0 Å². The quantitative estimate of drug-likeness (QED) is 0.892. The second-order valence-electron chi connectivity index (χ2n) is 4.62. The number of carbonyl (C=O) groups excluding carboxylic acids is 1. The number of hydrogen-bond donors (Lipinski definition) is 1. The van der Waals surface area contributed by atoms with E-state index in [0.717, 1.165) is 16.1 Å². The Morgan fingerprint density at radius 3 is 2.72 bits per heavy atom. The first kappa shape index (κ1) is 15.0. The Kier molecular flexibility index (Phi) is 5.63. The van der Waals surface area contributed by atoms with E-state index in [1.807, 2.05) is 32.0 Å². The molecule has 1 amide bonds. The third-order valence-electron chi connectivity index (χ3n) is 3.18. The zero-order valence-electron chi connectivity index (χ0n) is 11.1. The Morgan fingerprint density at radius 1 is 1.50 bits per heavy atom. The van der Waals surface area contributed by atoms with E-state index in [-0.39, 0.29) is 18.6 Å². The molecule has 0 aliphatic carbocycles. The van der Waals surface area contributed by atoms with E-state index in [0.29, 0.717) is 12.8 Å². The standard InChI is InChI=1S/C14H20ClNO2/c1-10-4-5-12(8-13(10)15)6-7-14(18)16(3)11(2)9-17/h4-5,8,11,17H,6-7,9H2,1-3H3. The number of aliphatic hydroxyl groups is 1. The molecule has 18 heavy (non-hydrogen) atoms. The highest BCUT2D eigenvalue weighted by Gasteiger charge is 2.14. The fraction of sp³-hybridized carbons (Fsp3) is 0.500. The van der Waals surface area contributed by atoms with E-state index in [1.165, 1.54) is 0 Å². The highest BCUT2D eigenvalue weighted by molar-refractivity contribution is 6.31. The van der Waals surface area contributed by atoms with Crippen molar-refractivity contribution < 1.29 is 9.90 Å². The smallest absolute Gasteiger partial charge is 0.222 e. The number of benzene rings is 1. The van der Waals surface area contributed by atoms with Crippen LogP contribution in [0.15, 0.2) is 18.2 Å². The summed E-state index contributed by atoms with van der Waals surface area (Å²) >= 11 is 6.04. The Labute approximate surface area is 113 Å². The minimum atomic E-state index is -0.140. The van der Waals surface area contributed by atoms with Gasteiger partial charge in [0.1, 0.15) is 0 Å². The average molecular weight is 270 g/mol. The molecule has 0 spiro atoms. The largest absolute Gasteiger partial charge is 0.394 e. The number of aliphatic hydroxyl groups excluding tert-OH is 1. The van der Waals surface area contributed by atoms with Crippen molar-refractivity contribution in [2.75, 3.05) is 13.7 Å². The predicted molar refractivity (Wildman–Crippen MR) is 73.8 cm³/mol. The molecule has 100 valence electrons. The molecule has 1 unspecified atom stereocenters. The summed E-state index contributed by atoms with van der Waals surface area (Å²) in [7, 11) is 1.71. The number of hydrogen-bond acceptors (Lipinski definition) is 2. The molecule has 0 saturated heterocycles. The second-order valence-corrected chi connectivity index (χ2v) is 5.03. The molecule has 0 bridgehead atoms. The summed E-state index contributed by atoms with van der Waals surface area (Å²) in [6, 6.07) is 5.71. The van der Waals surface area contributed by atoms with Crippen molar-refractivity contribution in [3.63, 3.8) is 0 Å². The summed E-state index contributed by atoms with van der Waals surface area (Å²) in [5.74, 6) is 0.0354. The predicted octanol–water partition coefficient (Wildman–Crippen LogP) is 2.42. The maximum atomic E-state index is 11.9. The Morgan fingerprint density at radius 2 is 2.17 bits per heavy atom. The molecular weight excluding hydrogens is 250 g/mol. The minimum Gasteiger partial charge on any atom is -0.394 e. The number of likely N-dealkylation sites (N-methyl/N-ethyl adjacent to an activating group) is 1. The van der Waals surface area contributed by atoms with Crippen LogP contribution in [0.4, 0.5) is 0 Å². The normalized spacial score (nSPS) is 12.3. The van der Waals surface area contributed by atoms with Crippen LogP contribution in [-0.2, 0) is 11.2 Å². The van der Waals surface area contributed by atoms with Crippen molar-refractivity contribution in [1.82, 2.24) is 4.90 Å². The number of rotatable bonds is 5. The number of halogens is 1. The van der Waals surface area contributed by atoms with Gasteiger partial charge in [0.25, 0.3) is 0 Å². The molecule has 0 aliphatic rings. The molecule has 1 N–H and O–H groups in total.